The fraction of sp³-hybridized carbons (Fsp3) is 0.636. The van der Waals surface area contributed by atoms with E-state index < -0.39 is 0 Å². The predicted molar refractivity (Wildman–Crippen MR) is 51.8 cm³/mol. The van der Waals surface area contributed by atoms with Gasteiger partial charge >= 0.3 is 0 Å². The van der Waals surface area contributed by atoms with Gasteiger partial charge in [-0.25, -0.2) is 0 Å². The summed E-state index contributed by atoms with van der Waals surface area (Å²) in [5, 5.41) is 3.48. The summed E-state index contributed by atoms with van der Waals surface area (Å²) in [6.45, 7) is 4.44. The first-order valence-corrected chi connectivity index (χ1v) is 4.95. The Morgan fingerprint density at radius 3 is 2.92 bits per heavy atom. The average Bonchev–Trinajstić information content (AvgIpc) is 2.04. The second-order valence-electron chi connectivity index (χ2n) is 3.94. The molecule has 1 saturated carbocycles. The van der Waals surface area contributed by atoms with Crippen molar-refractivity contribution in [3.8, 4) is 0 Å². The van der Waals surface area contributed by atoms with Crippen molar-refractivity contribution in [1.82, 2.24) is 5.32 Å². The lowest BCUT2D eigenvalue weighted by Gasteiger charge is -2.28. The Kier molecular flexibility index (Phi) is 1.95. The molecule has 0 aromatic rings. The van der Waals surface area contributed by atoms with E-state index in [1.807, 2.05) is 0 Å². The molecule has 0 saturated heterocycles. The number of dihydropyridines is 1. The van der Waals surface area contributed by atoms with Crippen molar-refractivity contribution in [2.45, 2.75) is 45.6 Å². The first-order chi connectivity index (χ1) is 5.77. The molecule has 0 aromatic heterocycles. The Morgan fingerprint density at radius 2 is 2.08 bits per heavy atom. The summed E-state index contributed by atoms with van der Waals surface area (Å²) >= 11 is 0. The minimum atomic E-state index is 0.543. The van der Waals surface area contributed by atoms with Crippen molar-refractivity contribution in [3.05, 3.63) is 22.9 Å². The Morgan fingerprint density at radius 1 is 1.33 bits per heavy atom. The molecule has 0 spiro atoms. The summed E-state index contributed by atoms with van der Waals surface area (Å²) in [7, 11) is 0. The lowest BCUT2D eigenvalue weighted by Crippen LogP contribution is -2.28. The molecule has 0 bridgehead atoms. The van der Waals surface area contributed by atoms with Gasteiger partial charge in [0.2, 0.25) is 0 Å². The number of allylic oxidation sites excluding steroid dienone is 3. The van der Waals surface area contributed by atoms with Crippen LogP contribution >= 0.6 is 0 Å². The van der Waals surface area contributed by atoms with E-state index in [1.165, 1.54) is 31.4 Å². The van der Waals surface area contributed by atoms with Gasteiger partial charge in [0.05, 0.1) is 0 Å². The SMILES string of the molecule is CC1=C2CCCCC2=CC(C)N1. The van der Waals surface area contributed by atoms with Crippen molar-refractivity contribution in [3.63, 3.8) is 0 Å². The third-order valence-corrected chi connectivity index (χ3v) is 2.86. The Labute approximate surface area is 74.5 Å². The molecule has 1 aliphatic carbocycles. The van der Waals surface area contributed by atoms with Crippen LogP contribution in [-0.4, -0.2) is 6.04 Å². The van der Waals surface area contributed by atoms with Gasteiger partial charge in [0.1, 0.15) is 0 Å². The predicted octanol–water partition coefficient (Wildman–Crippen LogP) is 2.75. The standard InChI is InChI=1S/C11H17N/c1-8-7-10-5-3-4-6-11(10)9(2)12-8/h7-8,12H,3-6H2,1-2H3. The fourth-order valence-corrected chi connectivity index (χ4v) is 2.31. The quantitative estimate of drug-likeness (QED) is 0.579. The third-order valence-electron chi connectivity index (χ3n) is 2.86. The van der Waals surface area contributed by atoms with E-state index in [9.17, 15) is 0 Å². The van der Waals surface area contributed by atoms with Crippen molar-refractivity contribution in [2.75, 3.05) is 0 Å². The smallest absolute Gasteiger partial charge is 0.0418 e. The molecule has 0 radical (unpaired) electrons. The largest absolute Gasteiger partial charge is 0.382 e. The molecule has 1 heteroatoms. The van der Waals surface area contributed by atoms with Crippen LogP contribution in [0.3, 0.4) is 0 Å². The zero-order valence-corrected chi connectivity index (χ0v) is 7.98. The van der Waals surface area contributed by atoms with Crippen LogP contribution in [0, 0.1) is 0 Å². The van der Waals surface area contributed by atoms with E-state index in [4.69, 9.17) is 0 Å². The third kappa shape index (κ3) is 1.28. The van der Waals surface area contributed by atoms with Gasteiger partial charge in [0.15, 0.2) is 0 Å². The van der Waals surface area contributed by atoms with Gasteiger partial charge in [-0.15, -0.1) is 0 Å². The summed E-state index contributed by atoms with van der Waals surface area (Å²) < 4.78 is 0. The molecule has 1 heterocycles. The van der Waals surface area contributed by atoms with Gasteiger partial charge in [0, 0.05) is 11.7 Å². The van der Waals surface area contributed by atoms with Crippen molar-refractivity contribution in [2.24, 2.45) is 0 Å². The molecule has 1 nitrogen and oxygen atoms in total. The van der Waals surface area contributed by atoms with Crippen LogP contribution in [0.15, 0.2) is 22.9 Å². The molecule has 2 rings (SSSR count). The minimum absolute atomic E-state index is 0.543. The lowest BCUT2D eigenvalue weighted by atomic mass is 9.85. The Bertz CT molecular complexity index is 248. The molecule has 0 amide bonds. The van der Waals surface area contributed by atoms with Gasteiger partial charge in [0.25, 0.3) is 0 Å². The van der Waals surface area contributed by atoms with Crippen LogP contribution in [0.2, 0.25) is 0 Å². The van der Waals surface area contributed by atoms with E-state index in [1.54, 1.807) is 11.1 Å². The van der Waals surface area contributed by atoms with Crippen molar-refractivity contribution in [1.29, 1.82) is 0 Å². The van der Waals surface area contributed by atoms with Gasteiger partial charge < -0.3 is 5.32 Å². The summed E-state index contributed by atoms with van der Waals surface area (Å²) in [4.78, 5) is 0. The molecule has 1 atom stereocenters. The summed E-state index contributed by atoms with van der Waals surface area (Å²) in [6, 6.07) is 0.543. The van der Waals surface area contributed by atoms with Gasteiger partial charge in [-0.3, -0.25) is 0 Å². The zero-order chi connectivity index (χ0) is 8.55. The van der Waals surface area contributed by atoms with Gasteiger partial charge in [-0.2, -0.15) is 0 Å². The highest BCUT2D eigenvalue weighted by Crippen LogP contribution is 2.32. The Hall–Kier alpha value is -0.720. The average molecular weight is 163 g/mol. The van der Waals surface area contributed by atoms with Gasteiger partial charge in [-0.05, 0) is 50.7 Å². The molecule has 12 heavy (non-hydrogen) atoms. The number of rotatable bonds is 0. The highest BCUT2D eigenvalue weighted by molar-refractivity contribution is 5.39. The molecule has 66 valence electrons. The number of nitrogens with one attached hydrogen (secondary N) is 1. The molecular formula is C11H17N. The van der Waals surface area contributed by atoms with E-state index in [2.05, 4.69) is 25.2 Å². The molecular weight excluding hydrogens is 146 g/mol. The number of hydrogen-bond acceptors (Lipinski definition) is 1. The highest BCUT2D eigenvalue weighted by Gasteiger charge is 2.18. The first-order valence-electron chi connectivity index (χ1n) is 4.95. The van der Waals surface area contributed by atoms with E-state index in [0.29, 0.717) is 6.04 Å². The molecule has 2 aliphatic rings. The van der Waals surface area contributed by atoms with E-state index >= 15 is 0 Å². The lowest BCUT2D eigenvalue weighted by molar-refractivity contribution is 0.616. The van der Waals surface area contributed by atoms with E-state index in [0.717, 1.165) is 0 Å². The molecule has 1 N–H and O–H groups in total. The maximum atomic E-state index is 3.48. The zero-order valence-electron chi connectivity index (χ0n) is 7.98. The van der Waals surface area contributed by atoms with Crippen molar-refractivity contribution < 1.29 is 0 Å². The van der Waals surface area contributed by atoms with Crippen molar-refractivity contribution >= 4 is 0 Å². The summed E-state index contributed by atoms with van der Waals surface area (Å²) in [5.41, 5.74) is 4.63. The Balaban J connectivity index is 2.30. The second-order valence-corrected chi connectivity index (χ2v) is 3.94. The maximum Gasteiger partial charge on any atom is 0.0418 e. The van der Waals surface area contributed by atoms with Gasteiger partial charge in [-0.1, -0.05) is 6.08 Å². The van der Waals surface area contributed by atoms with Crippen LogP contribution in [0.25, 0.3) is 0 Å². The fourth-order valence-electron chi connectivity index (χ4n) is 2.31. The minimum Gasteiger partial charge on any atom is -0.382 e. The van der Waals surface area contributed by atoms with E-state index in [-0.39, 0.29) is 0 Å². The first kappa shape index (κ1) is 7.90. The molecule has 0 aromatic carbocycles. The maximum absolute atomic E-state index is 3.48. The topological polar surface area (TPSA) is 12.0 Å². The van der Waals surface area contributed by atoms with Crippen LogP contribution in [0.4, 0.5) is 0 Å². The molecule has 1 aliphatic heterocycles. The second kappa shape index (κ2) is 2.96. The van der Waals surface area contributed by atoms with Crippen LogP contribution in [0.5, 0.6) is 0 Å². The number of hydrogen-bond donors (Lipinski definition) is 1. The molecule has 1 unspecified atom stereocenters. The normalized spacial score (nSPS) is 29.2. The highest BCUT2D eigenvalue weighted by atomic mass is 14.9. The number of fused-ring (bicyclic) bond motifs is 1. The molecule has 1 fully saturated rings. The van der Waals surface area contributed by atoms with Crippen LogP contribution in [-0.2, 0) is 0 Å². The monoisotopic (exact) mass is 163 g/mol. The van der Waals surface area contributed by atoms with Crippen LogP contribution in [0.1, 0.15) is 39.5 Å². The summed E-state index contributed by atoms with van der Waals surface area (Å²) in [5.74, 6) is 0. The summed E-state index contributed by atoms with van der Waals surface area (Å²) in [6.07, 6.45) is 7.74. The van der Waals surface area contributed by atoms with Crippen LogP contribution < -0.4 is 5.32 Å².